The second-order valence-corrected chi connectivity index (χ2v) is 2.91. The number of nitrogens with zero attached hydrogens (tertiary/aromatic N) is 2. The summed E-state index contributed by atoms with van der Waals surface area (Å²) in [5.74, 6) is 0. The van der Waals surface area contributed by atoms with Crippen molar-refractivity contribution in [3.8, 4) is 0 Å². The molecule has 4 heteroatoms. The van der Waals surface area contributed by atoms with Gasteiger partial charge in [-0.05, 0) is 24.3 Å². The molecule has 1 aliphatic heterocycles. The number of carbonyl (C=O) groups excluding carboxylic acids is 1. The number of nitrogens with one attached hydrogen (secondary N) is 1. The van der Waals surface area contributed by atoms with E-state index in [4.69, 9.17) is 0 Å². The SMILES string of the molecule is O=CC1=C(c2ccccn2)NN=CC=C1. The van der Waals surface area contributed by atoms with E-state index in [-0.39, 0.29) is 0 Å². The monoisotopic (exact) mass is 199 g/mol. The van der Waals surface area contributed by atoms with Gasteiger partial charge in [-0.15, -0.1) is 0 Å². The molecule has 1 N–H and O–H groups in total. The third-order valence-electron chi connectivity index (χ3n) is 1.95. The zero-order chi connectivity index (χ0) is 10.5. The molecule has 0 fully saturated rings. The Bertz CT molecular complexity index is 446. The lowest BCUT2D eigenvalue weighted by Gasteiger charge is -2.06. The summed E-state index contributed by atoms with van der Waals surface area (Å²) in [5, 5.41) is 3.91. The summed E-state index contributed by atoms with van der Waals surface area (Å²) in [6.45, 7) is 0. The van der Waals surface area contributed by atoms with Crippen LogP contribution in [0, 0.1) is 0 Å². The number of hydrogen-bond acceptors (Lipinski definition) is 4. The lowest BCUT2D eigenvalue weighted by atomic mass is 10.1. The van der Waals surface area contributed by atoms with Crippen LogP contribution < -0.4 is 5.43 Å². The van der Waals surface area contributed by atoms with Gasteiger partial charge in [-0.1, -0.05) is 6.07 Å². The Kier molecular flexibility index (Phi) is 2.69. The van der Waals surface area contributed by atoms with Crippen LogP contribution in [0.4, 0.5) is 0 Å². The second kappa shape index (κ2) is 4.32. The van der Waals surface area contributed by atoms with Crippen molar-refractivity contribution < 1.29 is 4.79 Å². The smallest absolute Gasteiger partial charge is 0.152 e. The number of hydrazone groups is 1. The molecule has 0 aliphatic carbocycles. The average molecular weight is 199 g/mol. The lowest BCUT2D eigenvalue weighted by Crippen LogP contribution is -2.08. The molecule has 0 amide bonds. The fraction of sp³-hybridized carbons (Fsp3) is 0. The van der Waals surface area contributed by atoms with Crippen LogP contribution in [-0.2, 0) is 4.79 Å². The highest BCUT2D eigenvalue weighted by molar-refractivity contribution is 5.92. The third-order valence-corrected chi connectivity index (χ3v) is 1.95. The zero-order valence-corrected chi connectivity index (χ0v) is 7.92. The number of aromatic nitrogens is 1. The molecule has 0 spiro atoms. The van der Waals surface area contributed by atoms with Crippen molar-refractivity contribution in [2.75, 3.05) is 0 Å². The van der Waals surface area contributed by atoms with Crippen molar-refractivity contribution in [1.82, 2.24) is 10.4 Å². The summed E-state index contributed by atoms with van der Waals surface area (Å²) in [6.07, 6.45) is 7.43. The molecule has 0 bridgehead atoms. The van der Waals surface area contributed by atoms with Gasteiger partial charge < -0.3 is 0 Å². The number of carbonyl (C=O) groups is 1. The summed E-state index contributed by atoms with van der Waals surface area (Å²) in [5.41, 5.74) is 4.64. The van der Waals surface area contributed by atoms with Gasteiger partial charge >= 0.3 is 0 Å². The van der Waals surface area contributed by atoms with E-state index in [1.54, 1.807) is 24.6 Å². The third kappa shape index (κ3) is 1.99. The minimum atomic E-state index is 0.534. The van der Waals surface area contributed by atoms with Crippen LogP contribution in [0.1, 0.15) is 5.69 Å². The highest BCUT2D eigenvalue weighted by Crippen LogP contribution is 2.14. The van der Waals surface area contributed by atoms with Crippen LogP contribution in [0.5, 0.6) is 0 Å². The quantitative estimate of drug-likeness (QED) is 0.726. The standard InChI is InChI=1S/C11H9N3O/c15-8-9-4-3-7-13-14-11(9)10-5-1-2-6-12-10/h1-8,14H. The van der Waals surface area contributed by atoms with Gasteiger partial charge in [-0.25, -0.2) is 0 Å². The molecule has 15 heavy (non-hydrogen) atoms. The molecule has 1 aliphatic rings. The molecule has 0 atom stereocenters. The van der Waals surface area contributed by atoms with E-state index < -0.39 is 0 Å². The molecular weight excluding hydrogens is 190 g/mol. The molecule has 4 nitrogen and oxygen atoms in total. The van der Waals surface area contributed by atoms with Gasteiger partial charge in [0.1, 0.15) is 0 Å². The van der Waals surface area contributed by atoms with Gasteiger partial charge in [-0.3, -0.25) is 15.2 Å². The maximum absolute atomic E-state index is 10.9. The van der Waals surface area contributed by atoms with Crippen LogP contribution in [0.25, 0.3) is 5.70 Å². The van der Waals surface area contributed by atoms with Crippen LogP contribution >= 0.6 is 0 Å². The van der Waals surface area contributed by atoms with Crippen molar-refractivity contribution in [2.45, 2.75) is 0 Å². The molecule has 0 saturated carbocycles. The van der Waals surface area contributed by atoms with E-state index in [0.717, 1.165) is 6.29 Å². The molecule has 2 rings (SSSR count). The predicted molar refractivity (Wildman–Crippen MR) is 58.0 cm³/mol. The Morgan fingerprint density at radius 1 is 1.33 bits per heavy atom. The largest absolute Gasteiger partial charge is 0.298 e. The normalized spacial score (nSPS) is 14.7. The predicted octanol–water partition coefficient (Wildman–Crippen LogP) is 1.14. The summed E-state index contributed by atoms with van der Waals surface area (Å²) in [4.78, 5) is 15.0. The topological polar surface area (TPSA) is 54.4 Å². The van der Waals surface area contributed by atoms with Crippen LogP contribution in [-0.4, -0.2) is 17.5 Å². The zero-order valence-electron chi connectivity index (χ0n) is 7.92. The van der Waals surface area contributed by atoms with Crippen molar-refractivity contribution in [2.24, 2.45) is 5.10 Å². The summed E-state index contributed by atoms with van der Waals surface area (Å²) >= 11 is 0. The first-order chi connectivity index (χ1) is 7.42. The van der Waals surface area contributed by atoms with Gasteiger partial charge in [0.25, 0.3) is 0 Å². The van der Waals surface area contributed by atoms with Gasteiger partial charge in [0.15, 0.2) is 6.29 Å². The van der Waals surface area contributed by atoms with Crippen LogP contribution in [0.15, 0.2) is 47.2 Å². The fourth-order valence-corrected chi connectivity index (χ4v) is 1.25. The van der Waals surface area contributed by atoms with E-state index in [0.29, 0.717) is 17.0 Å². The Labute approximate surface area is 87.0 Å². The Morgan fingerprint density at radius 3 is 3.00 bits per heavy atom. The average Bonchev–Trinajstić information content (AvgIpc) is 2.55. The first kappa shape index (κ1) is 9.33. The molecule has 1 aromatic rings. The van der Waals surface area contributed by atoms with Crippen molar-refractivity contribution >= 4 is 18.2 Å². The fourth-order valence-electron chi connectivity index (χ4n) is 1.25. The first-order valence-electron chi connectivity index (χ1n) is 4.48. The van der Waals surface area contributed by atoms with Crippen molar-refractivity contribution in [1.29, 1.82) is 0 Å². The van der Waals surface area contributed by atoms with Crippen molar-refractivity contribution in [3.05, 3.63) is 47.8 Å². The number of rotatable bonds is 2. The molecule has 0 unspecified atom stereocenters. The second-order valence-electron chi connectivity index (χ2n) is 2.91. The van der Waals surface area contributed by atoms with Crippen LogP contribution in [0.2, 0.25) is 0 Å². The molecule has 74 valence electrons. The first-order valence-corrected chi connectivity index (χ1v) is 4.48. The minimum Gasteiger partial charge on any atom is -0.298 e. The molecule has 0 aromatic carbocycles. The Hall–Kier alpha value is -2.23. The van der Waals surface area contributed by atoms with Crippen LogP contribution in [0.3, 0.4) is 0 Å². The van der Waals surface area contributed by atoms with E-state index in [2.05, 4.69) is 15.5 Å². The molecule has 0 radical (unpaired) electrons. The summed E-state index contributed by atoms with van der Waals surface area (Å²) in [6, 6.07) is 5.50. The number of aldehydes is 1. The molecule has 0 saturated heterocycles. The van der Waals surface area contributed by atoms with E-state index >= 15 is 0 Å². The number of hydrogen-bond donors (Lipinski definition) is 1. The van der Waals surface area contributed by atoms with E-state index in [1.165, 1.54) is 0 Å². The van der Waals surface area contributed by atoms with E-state index in [9.17, 15) is 4.79 Å². The maximum atomic E-state index is 10.9. The molecule has 2 heterocycles. The Morgan fingerprint density at radius 2 is 2.27 bits per heavy atom. The maximum Gasteiger partial charge on any atom is 0.152 e. The molecular formula is C11H9N3O. The van der Waals surface area contributed by atoms with E-state index in [1.807, 2.05) is 18.2 Å². The number of pyridine rings is 1. The van der Waals surface area contributed by atoms with Gasteiger partial charge in [0, 0.05) is 18.0 Å². The highest BCUT2D eigenvalue weighted by atomic mass is 16.1. The number of allylic oxidation sites excluding steroid dienone is 3. The Balaban J connectivity index is 2.49. The van der Waals surface area contributed by atoms with Crippen molar-refractivity contribution in [3.63, 3.8) is 0 Å². The minimum absolute atomic E-state index is 0.534. The van der Waals surface area contributed by atoms with Gasteiger partial charge in [0.2, 0.25) is 0 Å². The molecule has 1 aromatic heterocycles. The lowest BCUT2D eigenvalue weighted by molar-refractivity contribution is -0.104. The summed E-state index contributed by atoms with van der Waals surface area (Å²) in [7, 11) is 0. The van der Waals surface area contributed by atoms with Gasteiger partial charge in [-0.2, -0.15) is 5.10 Å². The summed E-state index contributed by atoms with van der Waals surface area (Å²) < 4.78 is 0. The van der Waals surface area contributed by atoms with Gasteiger partial charge in [0.05, 0.1) is 11.4 Å². The highest BCUT2D eigenvalue weighted by Gasteiger charge is 2.08.